The summed E-state index contributed by atoms with van der Waals surface area (Å²) in [4.78, 5) is 76.6. The van der Waals surface area contributed by atoms with Crippen molar-refractivity contribution in [2.24, 2.45) is 0 Å². The summed E-state index contributed by atoms with van der Waals surface area (Å²) < 4.78 is 110. The summed E-state index contributed by atoms with van der Waals surface area (Å²) >= 11 is 0. The molecule has 2 atom stereocenters. The molecule has 5 amide bonds. The molecule has 16 nitrogen and oxygen atoms in total. The number of alkyl halides is 6. The smallest absolute Gasteiger partial charge is 0.416 e. The molecule has 0 bridgehead atoms. The maximum absolute atomic E-state index is 14.2. The Morgan fingerprint density at radius 2 is 1.32 bits per heavy atom. The van der Waals surface area contributed by atoms with Gasteiger partial charge in [0, 0.05) is 107 Å². The number of hydrogen-bond donors (Lipinski definition) is 3. The van der Waals surface area contributed by atoms with E-state index in [0.717, 1.165) is 71.7 Å². The number of benzene rings is 6. The third kappa shape index (κ3) is 17.2. The predicted octanol–water partition coefficient (Wildman–Crippen LogP) is 12.6. The Morgan fingerprint density at radius 3 is 2.01 bits per heavy atom. The van der Waals surface area contributed by atoms with Crippen LogP contribution >= 0.6 is 0 Å². The van der Waals surface area contributed by atoms with E-state index in [0.29, 0.717) is 120 Å². The number of fused-ring (bicyclic) bond motifs is 2. The molecule has 0 radical (unpaired) electrons. The zero-order valence-corrected chi connectivity index (χ0v) is 54.1. The van der Waals surface area contributed by atoms with E-state index >= 15 is 0 Å². The van der Waals surface area contributed by atoms with Crippen molar-refractivity contribution in [3.8, 4) is 11.1 Å². The molecule has 6 aromatic carbocycles. The van der Waals surface area contributed by atoms with E-state index in [9.17, 15) is 59.8 Å². The fraction of sp³-hybridized carbons (Fsp3) is 0.438. The van der Waals surface area contributed by atoms with Crippen LogP contribution in [-0.4, -0.2) is 171 Å². The molecule has 0 unspecified atom stereocenters. The van der Waals surface area contributed by atoms with E-state index < -0.39 is 64.6 Å². The molecule has 0 saturated carbocycles. The SMILES string of the molecule is CN(CCN1CCC(N(C(=O)O)c2ccccc2-c2ccccc2)CC1)C(=O)CCCCCNc1ccc(C(=O)NCCCN(C)C(=O)CO[C@H]2Cc3ccccc3C23CCN(CC[C@@]2(c4ccc(F)cc4)CN(C(=O)c4cc(C(F)(F)F)cc(C(F)(F)F)c4)CO2)CC3)cc1. The summed E-state index contributed by atoms with van der Waals surface area (Å²) in [6, 6.07) is 38.9. The van der Waals surface area contributed by atoms with Crippen LogP contribution in [0.15, 0.2) is 146 Å². The first-order valence-electron chi connectivity index (χ1n) is 32.9. The standard InChI is InChI=1S/C73H83F7N8O8/c1-83(36-13-35-82-67(91)52-21-27-59(28-22-52)81-34-12-4-7-20-65(89)84(2)42-43-85-37-29-60(30-38-85)88(69(93)94)63-19-11-9-17-61(63)51-14-5-3-6-15-51)66(90)48-95-64-46-53-16-8-10-18-62(53)70(64)31-39-86(40-32-70)41-33-71(55-23-25-58(74)26-24-55)49-87(50-96-71)68(92)54-44-56(72(75,76)77)47-57(45-54)73(78,79)80/h3,5-6,8-11,14-19,21-28,44-45,47,60,64,81H,4,7,12-13,20,29-43,46,48-50H2,1-2H3,(H,82,91)(H,93,94)/t64-,71-/m0/s1. The predicted molar refractivity (Wildman–Crippen MR) is 351 cm³/mol. The van der Waals surface area contributed by atoms with Gasteiger partial charge in [-0.3, -0.25) is 24.1 Å². The maximum Gasteiger partial charge on any atom is 0.416 e. The summed E-state index contributed by atoms with van der Waals surface area (Å²) in [5.74, 6) is -1.95. The van der Waals surface area contributed by atoms with Crippen molar-refractivity contribution < 1.29 is 69.3 Å². The number of halogens is 7. The lowest BCUT2D eigenvalue weighted by atomic mass is 9.72. The first-order valence-corrected chi connectivity index (χ1v) is 32.9. The van der Waals surface area contributed by atoms with Crippen LogP contribution in [0.5, 0.6) is 0 Å². The minimum atomic E-state index is -5.15. The lowest BCUT2D eigenvalue weighted by Gasteiger charge is -2.44. The van der Waals surface area contributed by atoms with Crippen molar-refractivity contribution in [3.05, 3.63) is 190 Å². The van der Waals surface area contributed by atoms with Crippen LogP contribution in [0.4, 0.5) is 46.9 Å². The Hall–Kier alpha value is -8.38. The van der Waals surface area contributed by atoms with Gasteiger partial charge in [0.15, 0.2) is 0 Å². The zero-order valence-electron chi connectivity index (χ0n) is 54.1. The number of carbonyl (C=O) groups excluding carboxylic acids is 4. The molecular weight excluding hydrogens is 1250 g/mol. The number of likely N-dealkylation sites (N-methyl/N-ethyl adjacent to an activating group) is 2. The van der Waals surface area contributed by atoms with Gasteiger partial charge in [-0.25, -0.2) is 9.18 Å². The topological polar surface area (TPSA) is 168 Å². The first kappa shape index (κ1) is 70.4. The largest absolute Gasteiger partial charge is 0.465 e. The van der Waals surface area contributed by atoms with Crippen LogP contribution in [0.3, 0.4) is 0 Å². The number of likely N-dealkylation sites (tertiary alicyclic amines) is 2. The minimum Gasteiger partial charge on any atom is -0.465 e. The molecule has 512 valence electrons. The van der Waals surface area contributed by atoms with Crippen molar-refractivity contribution in [1.29, 1.82) is 0 Å². The molecule has 3 fully saturated rings. The summed E-state index contributed by atoms with van der Waals surface area (Å²) in [6.07, 6.45) is -4.50. The Labute approximate surface area is 555 Å². The van der Waals surface area contributed by atoms with Crippen LogP contribution in [0.1, 0.15) is 113 Å². The lowest BCUT2D eigenvalue weighted by Crippen LogP contribution is -2.50. The van der Waals surface area contributed by atoms with Crippen molar-refractivity contribution in [3.63, 3.8) is 0 Å². The first-order chi connectivity index (χ1) is 46.0. The number of ether oxygens (including phenoxy) is 2. The fourth-order valence-corrected chi connectivity index (χ4v) is 13.9. The number of para-hydroxylation sites is 1. The van der Waals surface area contributed by atoms with Gasteiger partial charge in [0.05, 0.1) is 29.5 Å². The summed E-state index contributed by atoms with van der Waals surface area (Å²) in [6.45, 7) is 5.07. The molecule has 3 saturated heterocycles. The number of rotatable bonds is 26. The molecule has 3 heterocycles. The van der Waals surface area contributed by atoms with Crippen LogP contribution in [-0.2, 0) is 48.9 Å². The molecule has 6 aromatic rings. The van der Waals surface area contributed by atoms with Gasteiger partial charge in [-0.05, 0) is 154 Å². The van der Waals surface area contributed by atoms with E-state index in [1.165, 1.54) is 29.2 Å². The second kappa shape index (κ2) is 31.2. The molecule has 1 spiro atoms. The number of hydrogen-bond acceptors (Lipinski definition) is 10. The van der Waals surface area contributed by atoms with Gasteiger partial charge < -0.3 is 49.7 Å². The quantitative estimate of drug-likeness (QED) is 0.0349. The van der Waals surface area contributed by atoms with E-state index in [1.807, 2.05) is 85.9 Å². The van der Waals surface area contributed by atoms with Crippen molar-refractivity contribution in [1.82, 2.24) is 29.8 Å². The summed E-state index contributed by atoms with van der Waals surface area (Å²) in [5.41, 5.74) is 1.02. The van der Waals surface area contributed by atoms with Gasteiger partial charge in [-0.1, -0.05) is 91.3 Å². The van der Waals surface area contributed by atoms with Crippen LogP contribution in [0.25, 0.3) is 11.1 Å². The minimum absolute atomic E-state index is 0.0303. The van der Waals surface area contributed by atoms with Crippen LogP contribution < -0.4 is 15.5 Å². The monoisotopic (exact) mass is 1330 g/mol. The number of nitrogens with zero attached hydrogens (tertiary/aromatic N) is 6. The third-order valence-electron chi connectivity index (χ3n) is 19.5. The van der Waals surface area contributed by atoms with Gasteiger partial charge in [0.2, 0.25) is 11.8 Å². The van der Waals surface area contributed by atoms with Crippen molar-refractivity contribution in [2.75, 3.05) is 110 Å². The lowest BCUT2D eigenvalue weighted by molar-refractivity contribution is -0.143. The van der Waals surface area contributed by atoms with Gasteiger partial charge in [-0.15, -0.1) is 0 Å². The molecule has 3 N–H and O–H groups in total. The third-order valence-corrected chi connectivity index (χ3v) is 19.5. The number of nitrogens with one attached hydrogen (secondary N) is 2. The molecule has 3 aliphatic heterocycles. The highest BCUT2D eigenvalue weighted by atomic mass is 19.4. The van der Waals surface area contributed by atoms with Gasteiger partial charge in [0.25, 0.3) is 11.8 Å². The molecule has 10 rings (SSSR count). The Balaban J connectivity index is 0.608. The van der Waals surface area contributed by atoms with Crippen LogP contribution in [0.2, 0.25) is 0 Å². The highest BCUT2D eigenvalue weighted by Crippen LogP contribution is 2.49. The summed E-state index contributed by atoms with van der Waals surface area (Å²) in [7, 11) is 3.54. The average Bonchev–Trinajstić information content (AvgIpc) is 1.57. The molecular formula is C73H83F7N8O8. The average molecular weight is 1330 g/mol. The van der Waals surface area contributed by atoms with E-state index in [-0.39, 0.29) is 55.5 Å². The maximum atomic E-state index is 14.2. The number of unbranched alkanes of at least 4 members (excludes halogenated alkanes) is 2. The fourth-order valence-electron chi connectivity index (χ4n) is 13.9. The van der Waals surface area contributed by atoms with E-state index in [1.54, 1.807) is 29.0 Å². The highest BCUT2D eigenvalue weighted by molar-refractivity contribution is 5.96. The number of amides is 5. The normalized spacial score (nSPS) is 18.3. The molecule has 23 heteroatoms. The van der Waals surface area contributed by atoms with Gasteiger partial charge in [-0.2, -0.15) is 26.3 Å². The molecule has 4 aliphatic rings. The van der Waals surface area contributed by atoms with Gasteiger partial charge >= 0.3 is 18.4 Å². The van der Waals surface area contributed by atoms with E-state index in [4.69, 9.17) is 9.47 Å². The molecule has 0 aromatic heterocycles. The second-order valence-electron chi connectivity index (χ2n) is 25.6. The second-order valence-corrected chi connectivity index (χ2v) is 25.6. The van der Waals surface area contributed by atoms with Gasteiger partial charge in [0.1, 0.15) is 24.8 Å². The number of piperidine rings is 2. The Morgan fingerprint density at radius 1 is 0.677 bits per heavy atom. The van der Waals surface area contributed by atoms with Crippen molar-refractivity contribution in [2.45, 2.75) is 106 Å². The molecule has 96 heavy (non-hydrogen) atoms. The number of carboxylic acid groups (broad SMARTS) is 1. The van der Waals surface area contributed by atoms with E-state index in [2.05, 4.69) is 32.6 Å². The highest BCUT2D eigenvalue weighted by Gasteiger charge is 2.50. The summed E-state index contributed by atoms with van der Waals surface area (Å²) in [5, 5.41) is 16.7. The Bertz CT molecular complexity index is 3610. The van der Waals surface area contributed by atoms with Crippen LogP contribution in [0, 0.1) is 5.82 Å². The zero-order chi connectivity index (χ0) is 68.2. The number of carbonyl (C=O) groups is 5. The number of anilines is 2. The Kier molecular flexibility index (Phi) is 22.9. The molecule has 1 aliphatic carbocycles. The van der Waals surface area contributed by atoms with Crippen molar-refractivity contribution >= 4 is 41.1 Å².